The number of halogens is 3. The largest absolute Gasteiger partial charge is 0.490 e. The zero-order chi connectivity index (χ0) is 31.3. The molecule has 1 atom stereocenters. The van der Waals surface area contributed by atoms with E-state index in [1.165, 1.54) is 17.9 Å². The molecule has 1 aliphatic rings. The van der Waals surface area contributed by atoms with Gasteiger partial charge in [0.25, 0.3) is 11.8 Å². The van der Waals surface area contributed by atoms with Crippen LogP contribution in [-0.4, -0.2) is 67.2 Å². The van der Waals surface area contributed by atoms with Crippen molar-refractivity contribution < 1.29 is 27.5 Å². The van der Waals surface area contributed by atoms with E-state index in [1.54, 1.807) is 38.1 Å². The van der Waals surface area contributed by atoms with Gasteiger partial charge >= 0.3 is 0 Å². The highest BCUT2D eigenvalue weighted by Crippen LogP contribution is 2.39. The van der Waals surface area contributed by atoms with E-state index in [1.807, 2.05) is 20.8 Å². The van der Waals surface area contributed by atoms with Crippen LogP contribution in [0.5, 0.6) is 5.75 Å². The Kier molecular flexibility index (Phi) is 13.3. The van der Waals surface area contributed by atoms with Crippen molar-refractivity contribution in [1.82, 2.24) is 35.5 Å². The second-order valence-electron chi connectivity index (χ2n) is 9.52. The summed E-state index contributed by atoms with van der Waals surface area (Å²) in [4.78, 5) is 27.5. The minimum atomic E-state index is -2.63. The average molecular weight is 593 g/mol. The second-order valence-corrected chi connectivity index (χ2v) is 9.52. The minimum absolute atomic E-state index is 0.0222. The number of aryl methyl sites for hydroxylation is 2. The van der Waals surface area contributed by atoms with E-state index in [2.05, 4.69) is 36.1 Å². The molecule has 3 aromatic rings. The second kappa shape index (κ2) is 16.4. The number of alkyl halides is 3. The van der Waals surface area contributed by atoms with Crippen molar-refractivity contribution in [3.05, 3.63) is 53.2 Å². The number of hydrogen-bond acceptors (Lipinski definition) is 8. The maximum absolute atomic E-state index is 13.2. The van der Waals surface area contributed by atoms with Crippen molar-refractivity contribution >= 4 is 17.6 Å². The van der Waals surface area contributed by atoms with Crippen LogP contribution in [-0.2, 0) is 17.8 Å². The van der Waals surface area contributed by atoms with Crippen LogP contribution in [0.2, 0.25) is 0 Å². The molecular formula is C28H39F3N8O3. The number of nitrogens with one attached hydrogen (secondary N) is 2. The minimum Gasteiger partial charge on any atom is -0.490 e. The smallest absolute Gasteiger partial charge is 0.273 e. The number of aromatic nitrogens is 6. The monoisotopic (exact) mass is 592 g/mol. The fourth-order valence-corrected chi connectivity index (χ4v) is 3.79. The molecule has 3 heterocycles. The Bertz CT molecular complexity index is 1280. The van der Waals surface area contributed by atoms with Gasteiger partial charge in [0.2, 0.25) is 5.91 Å². The first-order valence-electron chi connectivity index (χ1n) is 13.8. The highest BCUT2D eigenvalue weighted by Gasteiger charge is 2.47. The van der Waals surface area contributed by atoms with Crippen LogP contribution in [0.1, 0.15) is 74.0 Å². The summed E-state index contributed by atoms with van der Waals surface area (Å²) in [5.41, 5.74) is 2.11. The number of hydrogen-bond donors (Lipinski definition) is 2. The lowest BCUT2D eigenvalue weighted by Crippen LogP contribution is -2.43. The van der Waals surface area contributed by atoms with E-state index in [0.717, 1.165) is 12.1 Å². The number of nitrogens with zero attached hydrogens (tertiary/aromatic N) is 6. The molecule has 0 unspecified atom stereocenters. The van der Waals surface area contributed by atoms with E-state index in [-0.39, 0.29) is 43.3 Å². The first kappa shape index (κ1) is 34.1. The highest BCUT2D eigenvalue weighted by atomic mass is 19.3. The number of rotatable bonds is 10. The van der Waals surface area contributed by atoms with E-state index < -0.39 is 18.2 Å². The molecule has 230 valence electrons. The van der Waals surface area contributed by atoms with Crippen molar-refractivity contribution in [2.75, 3.05) is 12.4 Å². The number of carbonyl (C=O) groups excluding carboxylic acids is 2. The zero-order valence-electron chi connectivity index (χ0n) is 24.8. The average Bonchev–Trinajstić information content (AvgIpc) is 3.38. The summed E-state index contributed by atoms with van der Waals surface area (Å²) >= 11 is 0. The number of anilines is 1. The SMILES string of the molecule is CC.CCC[C@@H](F)Cn1cc(C(=O)NC)nn1.Cc1ccc(NC(=O)Cc2cc(OC3CC(F)(F)C3)cc(C)n2)nn1. The zero-order valence-corrected chi connectivity index (χ0v) is 24.8. The standard InChI is InChI=1S/C17H18F2N4O2.C9H15FN4O.C2H6/c1-10-3-4-15(23-22-10)21-16(24)7-12-6-13(5-11(2)20-12)25-14-8-17(18,19)9-14;1-3-4-7(10)5-14-6-8(12-13-14)9(15)11-2;1-2/h3-6,14H,7-9H2,1-2H3,(H,21,23,24);6-7H,3-5H2,1-2H3,(H,11,15);1-2H3/t;7-;/m.1./s1. The van der Waals surface area contributed by atoms with Gasteiger partial charge in [-0.2, -0.15) is 5.10 Å². The van der Waals surface area contributed by atoms with Crippen molar-refractivity contribution in [1.29, 1.82) is 0 Å². The van der Waals surface area contributed by atoms with Gasteiger partial charge in [-0.3, -0.25) is 14.6 Å². The molecule has 14 heteroatoms. The summed E-state index contributed by atoms with van der Waals surface area (Å²) in [7, 11) is 1.51. The predicted molar refractivity (Wildman–Crippen MR) is 151 cm³/mol. The van der Waals surface area contributed by atoms with Gasteiger partial charge in [0.05, 0.1) is 30.6 Å². The fraction of sp³-hybridized carbons (Fsp3) is 0.536. The lowest BCUT2D eigenvalue weighted by molar-refractivity contribution is -0.134. The Labute approximate surface area is 243 Å². The van der Waals surface area contributed by atoms with Gasteiger partial charge in [0.15, 0.2) is 11.5 Å². The molecule has 3 aromatic heterocycles. The van der Waals surface area contributed by atoms with Gasteiger partial charge in [-0.05, 0) is 32.4 Å². The molecule has 1 fully saturated rings. The van der Waals surface area contributed by atoms with Gasteiger partial charge in [0.1, 0.15) is 18.0 Å². The van der Waals surface area contributed by atoms with Crippen LogP contribution in [0.25, 0.3) is 0 Å². The van der Waals surface area contributed by atoms with Crippen molar-refractivity contribution in [3.8, 4) is 5.75 Å². The first-order valence-corrected chi connectivity index (χ1v) is 13.8. The third-order valence-corrected chi connectivity index (χ3v) is 5.73. The summed E-state index contributed by atoms with van der Waals surface area (Å²) in [6.07, 6.45) is 0.755. The van der Waals surface area contributed by atoms with Gasteiger partial charge in [-0.15, -0.1) is 10.2 Å². The van der Waals surface area contributed by atoms with E-state index in [9.17, 15) is 22.8 Å². The number of ether oxygens (including phenoxy) is 1. The molecule has 1 saturated carbocycles. The molecule has 11 nitrogen and oxygen atoms in total. The van der Waals surface area contributed by atoms with Gasteiger partial charge < -0.3 is 15.4 Å². The highest BCUT2D eigenvalue weighted by molar-refractivity contribution is 5.91. The van der Waals surface area contributed by atoms with E-state index in [4.69, 9.17) is 4.74 Å². The first-order chi connectivity index (χ1) is 20.0. The number of amides is 2. The van der Waals surface area contributed by atoms with E-state index in [0.29, 0.717) is 29.4 Å². The Hall–Kier alpha value is -4.10. The molecule has 2 amide bonds. The third kappa shape index (κ3) is 11.4. The number of pyridine rings is 1. The van der Waals surface area contributed by atoms with Gasteiger partial charge in [0, 0.05) is 37.7 Å². The fourth-order valence-electron chi connectivity index (χ4n) is 3.79. The van der Waals surface area contributed by atoms with Crippen LogP contribution in [0.4, 0.5) is 19.0 Å². The lowest BCUT2D eigenvalue weighted by atomic mass is 9.91. The van der Waals surface area contributed by atoms with Crippen LogP contribution in [0, 0.1) is 13.8 Å². The summed E-state index contributed by atoms with van der Waals surface area (Å²) in [5, 5.41) is 20.1. The molecule has 0 bridgehead atoms. The third-order valence-electron chi connectivity index (χ3n) is 5.73. The molecule has 0 aromatic carbocycles. The van der Waals surface area contributed by atoms with Crippen molar-refractivity contribution in [2.24, 2.45) is 0 Å². The van der Waals surface area contributed by atoms with Crippen molar-refractivity contribution in [2.45, 2.75) is 91.5 Å². The quantitative estimate of drug-likeness (QED) is 0.347. The molecule has 0 saturated heterocycles. The van der Waals surface area contributed by atoms with Crippen LogP contribution in [0.15, 0.2) is 30.5 Å². The molecule has 2 N–H and O–H groups in total. The summed E-state index contributed by atoms with van der Waals surface area (Å²) in [6, 6.07) is 6.68. The molecule has 0 spiro atoms. The molecular weight excluding hydrogens is 553 g/mol. The molecule has 0 aliphatic heterocycles. The molecule has 0 radical (unpaired) electrons. The maximum atomic E-state index is 13.2. The Morgan fingerprint density at radius 2 is 1.83 bits per heavy atom. The van der Waals surface area contributed by atoms with Crippen molar-refractivity contribution in [3.63, 3.8) is 0 Å². The summed E-state index contributed by atoms with van der Waals surface area (Å²) < 4.78 is 45.9. The van der Waals surface area contributed by atoms with Crippen LogP contribution >= 0.6 is 0 Å². The molecule has 42 heavy (non-hydrogen) atoms. The predicted octanol–water partition coefficient (Wildman–Crippen LogP) is 4.65. The Balaban J connectivity index is 0.000000311. The Morgan fingerprint density at radius 3 is 2.43 bits per heavy atom. The molecule has 1 aliphatic carbocycles. The lowest BCUT2D eigenvalue weighted by Gasteiger charge is -2.34. The van der Waals surface area contributed by atoms with Crippen LogP contribution < -0.4 is 15.4 Å². The number of carbonyl (C=O) groups is 2. The van der Waals surface area contributed by atoms with Gasteiger partial charge in [-0.1, -0.05) is 32.4 Å². The summed E-state index contributed by atoms with van der Waals surface area (Å²) in [6.45, 7) is 9.63. The molecule has 4 rings (SSSR count). The normalized spacial score (nSPS) is 14.2. The van der Waals surface area contributed by atoms with E-state index >= 15 is 0 Å². The maximum Gasteiger partial charge on any atom is 0.273 e. The summed E-state index contributed by atoms with van der Waals surface area (Å²) in [5.74, 6) is -2.43. The van der Waals surface area contributed by atoms with Gasteiger partial charge in [-0.25, -0.2) is 17.9 Å². The van der Waals surface area contributed by atoms with Crippen LogP contribution in [0.3, 0.4) is 0 Å². The Morgan fingerprint density at radius 1 is 1.12 bits per heavy atom. The topological polar surface area (TPSA) is 137 Å².